The molecule has 0 aromatic heterocycles. The molecular formula is C21H25NO3. The Morgan fingerprint density at radius 2 is 1.96 bits per heavy atom. The van der Waals surface area contributed by atoms with E-state index in [0.29, 0.717) is 24.5 Å². The van der Waals surface area contributed by atoms with Crippen LogP contribution in [0.5, 0.6) is 11.5 Å². The van der Waals surface area contributed by atoms with E-state index in [-0.39, 0.29) is 5.91 Å². The highest BCUT2D eigenvalue weighted by atomic mass is 16.5. The SMILES string of the molecule is C=C(C)COc1cccc(NC(=O)C(CC)Oc2ccccc2C)c1. The molecule has 0 heterocycles. The molecule has 0 radical (unpaired) electrons. The van der Waals surface area contributed by atoms with Crippen molar-refractivity contribution in [2.75, 3.05) is 11.9 Å². The van der Waals surface area contributed by atoms with Gasteiger partial charge in [0, 0.05) is 11.8 Å². The van der Waals surface area contributed by atoms with Crippen molar-refractivity contribution in [1.29, 1.82) is 0 Å². The van der Waals surface area contributed by atoms with Gasteiger partial charge >= 0.3 is 0 Å². The van der Waals surface area contributed by atoms with E-state index in [0.717, 1.165) is 16.9 Å². The zero-order chi connectivity index (χ0) is 18.2. The van der Waals surface area contributed by atoms with Crippen LogP contribution < -0.4 is 14.8 Å². The van der Waals surface area contributed by atoms with Gasteiger partial charge < -0.3 is 14.8 Å². The van der Waals surface area contributed by atoms with E-state index < -0.39 is 6.10 Å². The number of carbonyl (C=O) groups is 1. The standard InChI is InChI=1S/C21H25NO3/c1-5-19(25-20-12-7-6-9-16(20)4)21(23)22-17-10-8-11-18(13-17)24-14-15(2)3/h6-13,19H,2,5,14H2,1,3-4H3,(H,22,23). The van der Waals surface area contributed by atoms with Crippen LogP contribution in [0.3, 0.4) is 0 Å². The number of rotatable bonds is 8. The fraction of sp³-hybridized carbons (Fsp3) is 0.286. The lowest BCUT2D eigenvalue weighted by Crippen LogP contribution is -2.32. The summed E-state index contributed by atoms with van der Waals surface area (Å²) in [5.74, 6) is 1.24. The number of hydrogen-bond acceptors (Lipinski definition) is 3. The van der Waals surface area contributed by atoms with Gasteiger partial charge in [-0.15, -0.1) is 0 Å². The molecule has 2 aromatic carbocycles. The summed E-state index contributed by atoms with van der Waals surface area (Å²) in [6, 6.07) is 15.0. The zero-order valence-corrected chi connectivity index (χ0v) is 15.0. The van der Waals surface area contributed by atoms with E-state index in [4.69, 9.17) is 9.47 Å². The van der Waals surface area contributed by atoms with Crippen molar-refractivity contribution < 1.29 is 14.3 Å². The van der Waals surface area contributed by atoms with Crippen molar-refractivity contribution in [3.8, 4) is 11.5 Å². The third-order valence-corrected chi connectivity index (χ3v) is 3.61. The molecule has 2 aromatic rings. The van der Waals surface area contributed by atoms with E-state index in [1.54, 1.807) is 6.07 Å². The molecule has 132 valence electrons. The van der Waals surface area contributed by atoms with Crippen LogP contribution in [-0.2, 0) is 4.79 Å². The summed E-state index contributed by atoms with van der Waals surface area (Å²) in [5.41, 5.74) is 2.62. The first-order valence-electron chi connectivity index (χ1n) is 8.40. The molecule has 0 saturated heterocycles. The summed E-state index contributed by atoms with van der Waals surface area (Å²) in [7, 11) is 0. The predicted octanol–water partition coefficient (Wildman–Crippen LogP) is 4.75. The minimum atomic E-state index is -0.555. The molecule has 2 rings (SSSR count). The van der Waals surface area contributed by atoms with Crippen LogP contribution in [0.15, 0.2) is 60.7 Å². The first-order valence-corrected chi connectivity index (χ1v) is 8.40. The molecule has 1 amide bonds. The summed E-state index contributed by atoms with van der Waals surface area (Å²) in [6.45, 7) is 10.1. The average molecular weight is 339 g/mol. The van der Waals surface area contributed by atoms with Crippen molar-refractivity contribution in [3.63, 3.8) is 0 Å². The molecular weight excluding hydrogens is 314 g/mol. The van der Waals surface area contributed by atoms with Gasteiger partial charge in [-0.25, -0.2) is 0 Å². The second kappa shape index (κ2) is 8.92. The Morgan fingerprint density at radius 1 is 1.20 bits per heavy atom. The third kappa shape index (κ3) is 5.68. The maximum absolute atomic E-state index is 12.5. The average Bonchev–Trinajstić information content (AvgIpc) is 2.59. The van der Waals surface area contributed by atoms with E-state index in [1.165, 1.54) is 0 Å². The van der Waals surface area contributed by atoms with Crippen molar-refractivity contribution in [1.82, 2.24) is 0 Å². The smallest absolute Gasteiger partial charge is 0.265 e. The van der Waals surface area contributed by atoms with Crippen molar-refractivity contribution in [2.24, 2.45) is 0 Å². The lowest BCUT2D eigenvalue weighted by atomic mass is 10.2. The first-order chi connectivity index (χ1) is 12.0. The zero-order valence-electron chi connectivity index (χ0n) is 15.0. The quantitative estimate of drug-likeness (QED) is 0.706. The lowest BCUT2D eigenvalue weighted by molar-refractivity contribution is -0.122. The predicted molar refractivity (Wildman–Crippen MR) is 101 cm³/mol. The molecule has 0 aliphatic heterocycles. The number of ether oxygens (including phenoxy) is 2. The Morgan fingerprint density at radius 3 is 2.64 bits per heavy atom. The van der Waals surface area contributed by atoms with Crippen LogP contribution in [0.2, 0.25) is 0 Å². The van der Waals surface area contributed by atoms with Crippen LogP contribution in [0, 0.1) is 6.92 Å². The van der Waals surface area contributed by atoms with Gasteiger partial charge in [-0.1, -0.05) is 37.8 Å². The summed E-state index contributed by atoms with van der Waals surface area (Å²) in [6.07, 6.45) is 0.0209. The molecule has 4 heteroatoms. The number of carbonyl (C=O) groups excluding carboxylic acids is 1. The molecule has 1 N–H and O–H groups in total. The Kier molecular flexibility index (Phi) is 6.63. The van der Waals surface area contributed by atoms with E-state index in [9.17, 15) is 4.79 Å². The van der Waals surface area contributed by atoms with Gasteiger partial charge in [-0.3, -0.25) is 4.79 Å². The van der Waals surface area contributed by atoms with E-state index in [1.807, 2.05) is 63.2 Å². The highest BCUT2D eigenvalue weighted by molar-refractivity contribution is 5.94. The van der Waals surface area contributed by atoms with Crippen molar-refractivity contribution in [3.05, 3.63) is 66.2 Å². The fourth-order valence-electron chi connectivity index (χ4n) is 2.26. The van der Waals surface area contributed by atoms with Gasteiger partial charge in [0.2, 0.25) is 0 Å². The first kappa shape index (κ1) is 18.6. The van der Waals surface area contributed by atoms with Gasteiger partial charge in [-0.05, 0) is 49.6 Å². The number of anilines is 1. The molecule has 0 bridgehead atoms. The van der Waals surface area contributed by atoms with Crippen molar-refractivity contribution >= 4 is 11.6 Å². The normalized spacial score (nSPS) is 11.5. The van der Waals surface area contributed by atoms with Crippen LogP contribution in [0.4, 0.5) is 5.69 Å². The molecule has 1 atom stereocenters. The molecule has 4 nitrogen and oxygen atoms in total. The third-order valence-electron chi connectivity index (χ3n) is 3.61. The molecule has 0 spiro atoms. The molecule has 0 fully saturated rings. The van der Waals surface area contributed by atoms with Gasteiger partial charge in [-0.2, -0.15) is 0 Å². The summed E-state index contributed by atoms with van der Waals surface area (Å²) in [5, 5.41) is 2.89. The fourth-order valence-corrected chi connectivity index (χ4v) is 2.26. The Hall–Kier alpha value is -2.75. The van der Waals surface area contributed by atoms with Gasteiger partial charge in [0.25, 0.3) is 5.91 Å². The molecule has 0 aliphatic carbocycles. The minimum absolute atomic E-state index is 0.178. The van der Waals surface area contributed by atoms with Crippen LogP contribution in [0.1, 0.15) is 25.8 Å². The minimum Gasteiger partial charge on any atom is -0.489 e. The number of amides is 1. The second-order valence-corrected chi connectivity index (χ2v) is 6.04. The van der Waals surface area contributed by atoms with Crippen LogP contribution >= 0.6 is 0 Å². The molecule has 1 unspecified atom stereocenters. The topological polar surface area (TPSA) is 47.6 Å². The second-order valence-electron chi connectivity index (χ2n) is 6.04. The van der Waals surface area contributed by atoms with E-state index >= 15 is 0 Å². The van der Waals surface area contributed by atoms with Gasteiger partial charge in [0.15, 0.2) is 6.10 Å². The number of aryl methyl sites for hydroxylation is 1. The number of benzene rings is 2. The van der Waals surface area contributed by atoms with E-state index in [2.05, 4.69) is 11.9 Å². The molecule has 0 aliphatic rings. The summed E-state index contributed by atoms with van der Waals surface area (Å²) in [4.78, 5) is 12.5. The Bertz CT molecular complexity index is 739. The van der Waals surface area contributed by atoms with Gasteiger partial charge in [0.1, 0.15) is 18.1 Å². The largest absolute Gasteiger partial charge is 0.489 e. The summed E-state index contributed by atoms with van der Waals surface area (Å²) < 4.78 is 11.5. The summed E-state index contributed by atoms with van der Waals surface area (Å²) >= 11 is 0. The lowest BCUT2D eigenvalue weighted by Gasteiger charge is -2.18. The Labute approximate surface area is 149 Å². The van der Waals surface area contributed by atoms with Crippen molar-refractivity contribution in [2.45, 2.75) is 33.3 Å². The maximum Gasteiger partial charge on any atom is 0.265 e. The maximum atomic E-state index is 12.5. The Balaban J connectivity index is 2.03. The molecule has 25 heavy (non-hydrogen) atoms. The van der Waals surface area contributed by atoms with Crippen LogP contribution in [-0.4, -0.2) is 18.6 Å². The molecule has 0 saturated carbocycles. The number of para-hydroxylation sites is 1. The highest BCUT2D eigenvalue weighted by Gasteiger charge is 2.19. The number of nitrogens with one attached hydrogen (secondary N) is 1. The number of hydrogen-bond donors (Lipinski definition) is 1. The monoisotopic (exact) mass is 339 g/mol. The highest BCUT2D eigenvalue weighted by Crippen LogP contribution is 2.21. The van der Waals surface area contributed by atoms with Crippen LogP contribution in [0.25, 0.3) is 0 Å². The van der Waals surface area contributed by atoms with Gasteiger partial charge in [0.05, 0.1) is 0 Å².